The molecule has 5 heteroatoms. The highest BCUT2D eigenvalue weighted by atomic mass is 32.1. The van der Waals surface area contributed by atoms with Crippen molar-refractivity contribution in [3.8, 4) is 0 Å². The second kappa shape index (κ2) is 8.46. The molecule has 2 aromatic rings. The molecule has 1 aliphatic carbocycles. The predicted molar refractivity (Wildman–Crippen MR) is 115 cm³/mol. The lowest BCUT2D eigenvalue weighted by molar-refractivity contribution is -0.146. The molecule has 0 spiro atoms. The Morgan fingerprint density at radius 3 is 2.66 bits per heavy atom. The van der Waals surface area contributed by atoms with Crippen LogP contribution in [-0.2, 0) is 20.7 Å². The first-order valence-electron chi connectivity index (χ1n) is 10.1. The second-order valence-electron chi connectivity index (χ2n) is 7.70. The molecule has 0 unspecified atom stereocenters. The minimum atomic E-state index is -0.537. The maximum atomic E-state index is 13.1. The number of carbonyl (C=O) groups excluding carboxylic acids is 2. The van der Waals surface area contributed by atoms with Crippen LogP contribution in [0.1, 0.15) is 47.4 Å². The SMILES string of the molecule is CC1=NC2=C(C(=O)CCC2)[C@H](c2ccc(C)s2)[C@@H]1C(=O)OCCc1ccccc1. The number of hydrogen-bond acceptors (Lipinski definition) is 5. The molecule has 0 amide bonds. The number of allylic oxidation sites excluding steroid dienone is 2. The Kier molecular flexibility index (Phi) is 5.76. The van der Waals surface area contributed by atoms with E-state index in [2.05, 4.69) is 4.99 Å². The predicted octanol–water partition coefficient (Wildman–Crippen LogP) is 5.02. The zero-order chi connectivity index (χ0) is 20.4. The van der Waals surface area contributed by atoms with Gasteiger partial charge in [-0.05, 0) is 44.4 Å². The van der Waals surface area contributed by atoms with Crippen LogP contribution in [0.15, 0.2) is 58.7 Å². The lowest BCUT2D eigenvalue weighted by Crippen LogP contribution is -2.37. The highest BCUT2D eigenvalue weighted by Gasteiger charge is 2.43. The summed E-state index contributed by atoms with van der Waals surface area (Å²) < 4.78 is 5.68. The molecule has 29 heavy (non-hydrogen) atoms. The van der Waals surface area contributed by atoms with Crippen LogP contribution in [0.4, 0.5) is 0 Å². The number of hydrogen-bond donors (Lipinski definition) is 0. The molecule has 4 rings (SSSR count). The Morgan fingerprint density at radius 2 is 1.93 bits per heavy atom. The summed E-state index contributed by atoms with van der Waals surface area (Å²) in [6.45, 7) is 4.26. The van der Waals surface area contributed by atoms with Gasteiger partial charge in [0.25, 0.3) is 0 Å². The monoisotopic (exact) mass is 407 g/mol. The highest BCUT2D eigenvalue weighted by molar-refractivity contribution is 7.12. The zero-order valence-corrected chi connectivity index (χ0v) is 17.6. The van der Waals surface area contributed by atoms with Gasteiger partial charge in [0.1, 0.15) is 5.92 Å². The van der Waals surface area contributed by atoms with Crippen LogP contribution in [0.5, 0.6) is 0 Å². The summed E-state index contributed by atoms with van der Waals surface area (Å²) >= 11 is 1.65. The van der Waals surface area contributed by atoms with Gasteiger partial charge < -0.3 is 4.74 Å². The minimum absolute atomic E-state index is 0.126. The van der Waals surface area contributed by atoms with E-state index in [1.54, 1.807) is 11.3 Å². The molecule has 2 heterocycles. The largest absolute Gasteiger partial charge is 0.465 e. The standard InChI is InChI=1S/C24H25NO3S/c1-15-11-12-20(29-15)23-21(16(2)25-18-9-6-10-19(26)22(18)23)24(27)28-14-13-17-7-4-3-5-8-17/h3-5,7-8,11-12,21,23H,6,9-10,13-14H2,1-2H3/t21-,23-/m1/s1. The molecule has 0 saturated heterocycles. The smallest absolute Gasteiger partial charge is 0.315 e. The van der Waals surface area contributed by atoms with Crippen molar-refractivity contribution in [2.75, 3.05) is 6.61 Å². The molecule has 0 radical (unpaired) electrons. The lowest BCUT2D eigenvalue weighted by atomic mass is 9.74. The van der Waals surface area contributed by atoms with Crippen molar-refractivity contribution >= 4 is 28.8 Å². The average molecular weight is 408 g/mol. The van der Waals surface area contributed by atoms with E-state index in [0.717, 1.165) is 40.3 Å². The topological polar surface area (TPSA) is 55.7 Å². The Balaban J connectivity index is 1.60. The third-order valence-electron chi connectivity index (χ3n) is 5.63. The summed E-state index contributed by atoms with van der Waals surface area (Å²) in [6.07, 6.45) is 2.83. The Morgan fingerprint density at radius 1 is 1.14 bits per heavy atom. The van der Waals surface area contributed by atoms with Gasteiger partial charge in [0, 0.05) is 45.5 Å². The Hall–Kier alpha value is -2.53. The van der Waals surface area contributed by atoms with Crippen molar-refractivity contribution in [2.45, 2.75) is 45.4 Å². The highest BCUT2D eigenvalue weighted by Crippen LogP contribution is 2.45. The molecule has 0 fully saturated rings. The summed E-state index contributed by atoms with van der Waals surface area (Å²) in [4.78, 5) is 32.9. The van der Waals surface area contributed by atoms with E-state index in [1.165, 1.54) is 4.88 Å². The van der Waals surface area contributed by atoms with Gasteiger partial charge in [0.15, 0.2) is 5.78 Å². The van der Waals surface area contributed by atoms with E-state index in [4.69, 9.17) is 4.74 Å². The average Bonchev–Trinajstić information content (AvgIpc) is 3.14. The van der Waals surface area contributed by atoms with E-state index < -0.39 is 5.92 Å². The van der Waals surface area contributed by atoms with Crippen molar-refractivity contribution in [3.63, 3.8) is 0 Å². The van der Waals surface area contributed by atoms with Gasteiger partial charge in [-0.25, -0.2) is 0 Å². The van der Waals surface area contributed by atoms with Crippen molar-refractivity contribution in [1.82, 2.24) is 0 Å². The maximum absolute atomic E-state index is 13.1. The third-order valence-corrected chi connectivity index (χ3v) is 6.72. The third kappa shape index (κ3) is 4.10. The number of aryl methyl sites for hydroxylation is 1. The Bertz CT molecular complexity index is 987. The van der Waals surface area contributed by atoms with E-state index in [9.17, 15) is 9.59 Å². The zero-order valence-electron chi connectivity index (χ0n) is 16.8. The number of carbonyl (C=O) groups is 2. The maximum Gasteiger partial charge on any atom is 0.315 e. The van der Waals surface area contributed by atoms with Crippen LogP contribution in [0.25, 0.3) is 0 Å². The fourth-order valence-corrected chi connectivity index (χ4v) is 5.27. The van der Waals surface area contributed by atoms with Gasteiger partial charge in [0.2, 0.25) is 0 Å². The van der Waals surface area contributed by atoms with Crippen molar-refractivity contribution in [2.24, 2.45) is 10.9 Å². The van der Waals surface area contributed by atoms with E-state index >= 15 is 0 Å². The number of benzene rings is 1. The molecule has 1 aromatic heterocycles. The van der Waals surface area contributed by atoms with Gasteiger partial charge in [-0.2, -0.15) is 0 Å². The molecular formula is C24H25NO3S. The van der Waals surface area contributed by atoms with E-state index in [-0.39, 0.29) is 17.7 Å². The first-order chi connectivity index (χ1) is 14.0. The number of rotatable bonds is 5. The molecule has 2 atom stereocenters. The first-order valence-corrected chi connectivity index (χ1v) is 10.9. The minimum Gasteiger partial charge on any atom is -0.465 e. The normalized spacial score (nSPS) is 21.6. The molecule has 0 bridgehead atoms. The van der Waals surface area contributed by atoms with Crippen LogP contribution >= 0.6 is 11.3 Å². The number of ketones is 1. The van der Waals surface area contributed by atoms with Gasteiger partial charge in [-0.15, -0.1) is 11.3 Å². The van der Waals surface area contributed by atoms with E-state index in [0.29, 0.717) is 19.4 Å². The van der Waals surface area contributed by atoms with E-state index in [1.807, 2.05) is 56.3 Å². The second-order valence-corrected chi connectivity index (χ2v) is 9.02. The summed E-state index contributed by atoms with van der Waals surface area (Å²) in [5.41, 5.74) is 3.48. The van der Waals surface area contributed by atoms with Gasteiger partial charge in [-0.3, -0.25) is 14.6 Å². The quantitative estimate of drug-likeness (QED) is 0.654. The number of esters is 1. The molecule has 1 aromatic carbocycles. The molecule has 0 N–H and O–H groups in total. The number of nitrogens with zero attached hydrogens (tertiary/aromatic N) is 1. The van der Waals surface area contributed by atoms with Crippen molar-refractivity contribution < 1.29 is 14.3 Å². The van der Waals surface area contributed by atoms with Gasteiger partial charge >= 0.3 is 5.97 Å². The van der Waals surface area contributed by atoms with Crippen LogP contribution in [-0.4, -0.2) is 24.1 Å². The fraction of sp³-hybridized carbons (Fsp3) is 0.375. The van der Waals surface area contributed by atoms with Crippen molar-refractivity contribution in [3.05, 3.63) is 69.1 Å². The molecule has 4 nitrogen and oxygen atoms in total. The summed E-state index contributed by atoms with van der Waals surface area (Å²) in [5.74, 6) is -0.980. The van der Waals surface area contributed by atoms with Gasteiger partial charge in [-0.1, -0.05) is 30.3 Å². The summed E-state index contributed by atoms with van der Waals surface area (Å²) in [5, 5.41) is 0. The van der Waals surface area contributed by atoms with Crippen LogP contribution in [0.2, 0.25) is 0 Å². The van der Waals surface area contributed by atoms with Crippen LogP contribution in [0, 0.1) is 12.8 Å². The first kappa shape index (κ1) is 19.8. The molecule has 2 aliphatic rings. The number of aliphatic imine (C=N–C) groups is 1. The molecule has 1 aliphatic heterocycles. The van der Waals surface area contributed by atoms with Crippen molar-refractivity contribution in [1.29, 1.82) is 0 Å². The summed E-state index contributed by atoms with van der Waals surface area (Å²) in [6, 6.07) is 14.1. The molecule has 0 saturated carbocycles. The Labute approximate surface area is 175 Å². The number of Topliss-reactive ketones (excluding diaryl/α,β-unsaturated/α-hetero) is 1. The number of thiophene rings is 1. The molecule has 150 valence electrons. The fourth-order valence-electron chi connectivity index (χ4n) is 4.24. The van der Waals surface area contributed by atoms with Gasteiger partial charge in [0.05, 0.1) is 6.61 Å². The molecular weight excluding hydrogens is 382 g/mol. The number of ether oxygens (including phenoxy) is 1. The van der Waals surface area contributed by atoms with Crippen LogP contribution in [0.3, 0.4) is 0 Å². The summed E-state index contributed by atoms with van der Waals surface area (Å²) in [7, 11) is 0. The van der Waals surface area contributed by atoms with Crippen LogP contribution < -0.4 is 0 Å². The lowest BCUT2D eigenvalue weighted by Gasteiger charge is -2.33.